The third kappa shape index (κ3) is 28.7. The Morgan fingerprint density at radius 3 is 1.00 bits per heavy atom. The fourth-order valence-electron chi connectivity index (χ4n) is 4.26. The highest BCUT2D eigenvalue weighted by Gasteiger charge is 2.34. The van der Waals surface area contributed by atoms with Crippen LogP contribution in [0.4, 0.5) is 0 Å². The third-order valence-electron chi connectivity index (χ3n) is 7.32. The summed E-state index contributed by atoms with van der Waals surface area (Å²) in [6, 6.07) is 0. The average Bonchev–Trinajstić information content (AvgIpc) is 3.15. The van der Waals surface area contributed by atoms with Crippen LogP contribution in [-0.2, 0) is 42.7 Å². The van der Waals surface area contributed by atoms with Crippen molar-refractivity contribution in [1.29, 1.82) is 0 Å². The number of nitrogens with zero attached hydrogens (tertiary/aromatic N) is 1. The average molecular weight is 783 g/mol. The van der Waals surface area contributed by atoms with Gasteiger partial charge in [0.05, 0.1) is 131 Å². The van der Waals surface area contributed by atoms with E-state index in [0.29, 0.717) is 92.4 Å². The molecule has 21 heteroatoms. The lowest BCUT2D eigenvalue weighted by Gasteiger charge is -2.33. The number of hydrogen-bond acceptors (Lipinski definition) is 20. The largest absolute Gasteiger partial charge is 0.394 e. The molecule has 0 spiro atoms. The van der Waals surface area contributed by atoms with Gasteiger partial charge in [-0.2, -0.15) is 0 Å². The van der Waals surface area contributed by atoms with Crippen LogP contribution in [0.15, 0.2) is 0 Å². The Bertz CT molecular complexity index is 795. The Morgan fingerprint density at radius 1 is 0.453 bits per heavy atom. The van der Waals surface area contributed by atoms with Gasteiger partial charge in [0.1, 0.15) is 36.6 Å². The van der Waals surface area contributed by atoms with Crippen LogP contribution in [0.2, 0.25) is 0 Å². The standard InChI is InChI=1S/C32H66N2O19/c1-24(37)33-2-4-46-6-8-48-10-12-50-14-16-52-18-19-53-17-15-51-13-11-49-9-7-47-5-3-34(20-25(38)29(42)31(44)27(40)22-35)21-26(39)30(43)32(45)28(41)23-36/h25-32,35-36,38-45H,2-23H2,1H3,(H,33,37)/t25-,26-,27+,28+,29+,30+,31+,32+/m0/s1. The SMILES string of the molecule is CC(=O)NCCOCCOCCOCCOCCOCCOCCOCCOCCN(C[C@H](O)[C@@H](O)[C@H](O)[C@H](O)CO)C[C@H](O)[C@@H](O)[C@H](O)[C@H](O)CO. The fraction of sp³-hybridized carbons (Fsp3) is 0.969. The molecule has 0 aliphatic rings. The molecule has 21 nitrogen and oxygen atoms in total. The van der Waals surface area contributed by atoms with Crippen LogP contribution in [0, 0.1) is 0 Å². The molecule has 0 aliphatic heterocycles. The molecule has 0 unspecified atom stereocenters. The first-order valence-corrected chi connectivity index (χ1v) is 17.7. The minimum atomic E-state index is -1.87. The van der Waals surface area contributed by atoms with Crippen molar-refractivity contribution in [2.24, 2.45) is 0 Å². The molecule has 53 heavy (non-hydrogen) atoms. The van der Waals surface area contributed by atoms with Crippen molar-refractivity contribution in [1.82, 2.24) is 10.2 Å². The monoisotopic (exact) mass is 782 g/mol. The molecular weight excluding hydrogens is 716 g/mol. The molecule has 0 aromatic rings. The highest BCUT2D eigenvalue weighted by Crippen LogP contribution is 2.11. The van der Waals surface area contributed by atoms with E-state index in [-0.39, 0.29) is 45.4 Å². The second-order valence-corrected chi connectivity index (χ2v) is 11.7. The first kappa shape index (κ1) is 51.7. The number of rotatable bonds is 39. The quantitative estimate of drug-likeness (QED) is 0.0258. The smallest absolute Gasteiger partial charge is 0.216 e. The molecular formula is C32H66N2O19. The Balaban J connectivity index is 3.94. The molecule has 318 valence electrons. The van der Waals surface area contributed by atoms with E-state index in [4.69, 9.17) is 48.1 Å². The van der Waals surface area contributed by atoms with E-state index < -0.39 is 62.0 Å². The lowest BCUT2D eigenvalue weighted by molar-refractivity contribution is -0.131. The molecule has 0 aromatic carbocycles. The van der Waals surface area contributed by atoms with E-state index in [2.05, 4.69) is 5.32 Å². The summed E-state index contributed by atoms with van der Waals surface area (Å²) in [5.74, 6) is -0.0899. The van der Waals surface area contributed by atoms with Gasteiger partial charge in [-0.05, 0) is 0 Å². The normalized spacial score (nSPS) is 16.6. The first-order chi connectivity index (χ1) is 25.5. The van der Waals surface area contributed by atoms with Gasteiger partial charge in [0.25, 0.3) is 0 Å². The summed E-state index contributed by atoms with van der Waals surface area (Å²) in [5, 5.41) is 101. The Kier molecular flexibility index (Phi) is 34.3. The van der Waals surface area contributed by atoms with Crippen LogP contribution in [0.3, 0.4) is 0 Å². The van der Waals surface area contributed by atoms with Gasteiger partial charge >= 0.3 is 0 Å². The van der Waals surface area contributed by atoms with Gasteiger partial charge in [0.2, 0.25) is 5.91 Å². The van der Waals surface area contributed by atoms with Gasteiger partial charge in [0.15, 0.2) is 0 Å². The summed E-state index contributed by atoms with van der Waals surface area (Å²) in [6.07, 6.45) is -14.3. The summed E-state index contributed by atoms with van der Waals surface area (Å²) in [4.78, 5) is 12.1. The minimum absolute atomic E-state index is 0.0317. The fourth-order valence-corrected chi connectivity index (χ4v) is 4.26. The second kappa shape index (κ2) is 35.1. The van der Waals surface area contributed by atoms with Crippen molar-refractivity contribution < 1.29 is 93.8 Å². The van der Waals surface area contributed by atoms with Gasteiger partial charge in [-0.3, -0.25) is 9.69 Å². The molecule has 0 aliphatic carbocycles. The predicted octanol–water partition coefficient (Wildman–Crippen LogP) is -6.57. The Morgan fingerprint density at radius 2 is 0.717 bits per heavy atom. The number of nitrogens with one attached hydrogen (secondary N) is 1. The lowest BCUT2D eigenvalue weighted by Crippen LogP contribution is -2.53. The second-order valence-electron chi connectivity index (χ2n) is 11.7. The van der Waals surface area contributed by atoms with Crippen molar-refractivity contribution in [3.05, 3.63) is 0 Å². The molecule has 11 N–H and O–H groups in total. The van der Waals surface area contributed by atoms with Crippen molar-refractivity contribution in [3.8, 4) is 0 Å². The molecule has 8 atom stereocenters. The zero-order chi connectivity index (χ0) is 39.7. The summed E-state index contributed by atoms with van der Waals surface area (Å²) in [5.41, 5.74) is 0. The van der Waals surface area contributed by atoms with E-state index in [1.165, 1.54) is 11.8 Å². The van der Waals surface area contributed by atoms with Gasteiger partial charge in [-0.1, -0.05) is 0 Å². The maximum absolute atomic E-state index is 10.7. The zero-order valence-corrected chi connectivity index (χ0v) is 30.8. The highest BCUT2D eigenvalue weighted by atomic mass is 16.6. The van der Waals surface area contributed by atoms with E-state index in [1.807, 2.05) is 0 Å². The summed E-state index contributed by atoms with van der Waals surface area (Å²) in [7, 11) is 0. The van der Waals surface area contributed by atoms with Gasteiger partial charge in [-0.15, -0.1) is 0 Å². The number of ether oxygens (including phenoxy) is 8. The molecule has 0 saturated heterocycles. The van der Waals surface area contributed by atoms with Crippen molar-refractivity contribution >= 4 is 5.91 Å². The molecule has 0 radical (unpaired) electrons. The predicted molar refractivity (Wildman–Crippen MR) is 184 cm³/mol. The number of aliphatic hydroxyl groups excluding tert-OH is 10. The maximum atomic E-state index is 10.7. The van der Waals surface area contributed by atoms with Gasteiger partial charge < -0.3 is 94.3 Å². The minimum Gasteiger partial charge on any atom is -0.394 e. The van der Waals surface area contributed by atoms with E-state index >= 15 is 0 Å². The summed E-state index contributed by atoms with van der Waals surface area (Å²) < 4.78 is 43.3. The molecule has 0 heterocycles. The summed E-state index contributed by atoms with van der Waals surface area (Å²) >= 11 is 0. The molecule has 0 aromatic heterocycles. The topological polar surface area (TPSA) is 308 Å². The van der Waals surface area contributed by atoms with Crippen molar-refractivity contribution in [2.45, 2.75) is 55.8 Å². The number of hydrogen-bond donors (Lipinski definition) is 11. The van der Waals surface area contributed by atoms with E-state index in [1.54, 1.807) is 0 Å². The zero-order valence-electron chi connectivity index (χ0n) is 30.8. The van der Waals surface area contributed by atoms with Gasteiger partial charge in [0, 0.05) is 33.1 Å². The van der Waals surface area contributed by atoms with Crippen LogP contribution in [0.5, 0.6) is 0 Å². The molecule has 0 rings (SSSR count). The van der Waals surface area contributed by atoms with Gasteiger partial charge in [-0.25, -0.2) is 0 Å². The number of carbonyl (C=O) groups excluding carboxylic acids is 1. The first-order valence-electron chi connectivity index (χ1n) is 17.7. The number of carbonyl (C=O) groups is 1. The Hall–Kier alpha value is -1.29. The number of amides is 1. The molecule has 1 amide bonds. The Labute approximate surface area is 310 Å². The number of aliphatic hydroxyl groups is 10. The molecule has 0 saturated carbocycles. The van der Waals surface area contributed by atoms with E-state index in [9.17, 15) is 45.6 Å². The van der Waals surface area contributed by atoms with Crippen molar-refractivity contribution in [2.75, 3.05) is 145 Å². The van der Waals surface area contributed by atoms with Crippen LogP contribution in [-0.4, -0.2) is 256 Å². The molecule has 0 bridgehead atoms. The highest BCUT2D eigenvalue weighted by molar-refractivity contribution is 5.72. The van der Waals surface area contributed by atoms with Crippen molar-refractivity contribution in [3.63, 3.8) is 0 Å². The third-order valence-corrected chi connectivity index (χ3v) is 7.32. The van der Waals surface area contributed by atoms with E-state index in [0.717, 1.165) is 0 Å². The maximum Gasteiger partial charge on any atom is 0.216 e. The lowest BCUT2D eigenvalue weighted by atomic mass is 10.0. The molecule has 0 fully saturated rings. The van der Waals surface area contributed by atoms with Crippen LogP contribution >= 0.6 is 0 Å². The van der Waals surface area contributed by atoms with Crippen LogP contribution in [0.25, 0.3) is 0 Å². The van der Waals surface area contributed by atoms with Crippen LogP contribution in [0.1, 0.15) is 6.92 Å². The van der Waals surface area contributed by atoms with Crippen LogP contribution < -0.4 is 5.32 Å². The summed E-state index contributed by atoms with van der Waals surface area (Å²) in [6.45, 7) is 5.17.